The average molecular weight is 548 g/mol. The fraction of sp³-hybridized carbons (Fsp3) is 0.160. The Balaban J connectivity index is 2.09. The minimum atomic E-state index is -5.05. The van der Waals surface area contributed by atoms with Crippen molar-refractivity contribution in [1.29, 1.82) is 0 Å². The number of rotatable bonds is 6. The summed E-state index contributed by atoms with van der Waals surface area (Å²) in [5.74, 6) is -3.70. The molecular formula is C25H18ClF4N5O3. The van der Waals surface area contributed by atoms with Crippen LogP contribution in [0.5, 0.6) is 0 Å². The van der Waals surface area contributed by atoms with Crippen LogP contribution in [0.25, 0.3) is 22.0 Å². The van der Waals surface area contributed by atoms with Gasteiger partial charge in [-0.25, -0.2) is 9.37 Å². The van der Waals surface area contributed by atoms with Crippen molar-refractivity contribution >= 4 is 40.1 Å². The summed E-state index contributed by atoms with van der Waals surface area (Å²) < 4.78 is 58.0. The highest BCUT2D eigenvalue weighted by Crippen LogP contribution is 2.43. The van der Waals surface area contributed by atoms with Crippen molar-refractivity contribution < 1.29 is 31.9 Å². The molecule has 0 aliphatic carbocycles. The van der Waals surface area contributed by atoms with E-state index in [4.69, 9.17) is 23.1 Å². The topological polar surface area (TPSA) is 134 Å². The Morgan fingerprint density at radius 1 is 1.05 bits per heavy atom. The molecule has 8 nitrogen and oxygen atoms in total. The van der Waals surface area contributed by atoms with Crippen LogP contribution in [0.1, 0.15) is 55.1 Å². The van der Waals surface area contributed by atoms with Gasteiger partial charge in [-0.1, -0.05) is 29.8 Å². The van der Waals surface area contributed by atoms with Gasteiger partial charge < -0.3 is 11.5 Å². The Kier molecular flexibility index (Phi) is 6.70. The lowest BCUT2D eigenvalue weighted by molar-refractivity contribution is -0.141. The molecule has 0 radical (unpaired) electrons. The van der Waals surface area contributed by atoms with Gasteiger partial charge in [-0.05, 0) is 31.5 Å². The Morgan fingerprint density at radius 3 is 2.32 bits per heavy atom. The summed E-state index contributed by atoms with van der Waals surface area (Å²) in [5, 5.41) is 3.10. The monoisotopic (exact) mass is 547 g/mol. The maximum atomic E-state index is 14.3. The summed E-state index contributed by atoms with van der Waals surface area (Å²) in [7, 11) is 0. The number of nitrogens with two attached hydrogens (primary N) is 2. The van der Waals surface area contributed by atoms with Crippen molar-refractivity contribution in [2.75, 3.05) is 0 Å². The lowest BCUT2D eigenvalue weighted by Crippen LogP contribution is -2.21. The van der Waals surface area contributed by atoms with E-state index in [1.165, 1.54) is 19.9 Å². The standard InChI is InChI=1S/C25H18ClF4N5O3/c1-10-18(22(25(28,29)30)34-35(10)9-12-4-3-5-13(6-12)11(2)36)20-19(23(31)37)14-7-15(26)16(27)8-17(14)33-21(20)24(32)38/h3-8H,9H2,1-2H3,(H2,31,37)(H2,32,38). The van der Waals surface area contributed by atoms with E-state index in [-0.39, 0.29) is 28.9 Å². The Morgan fingerprint density at radius 2 is 1.74 bits per heavy atom. The van der Waals surface area contributed by atoms with Gasteiger partial charge in [0.2, 0.25) is 5.91 Å². The number of hydrogen-bond acceptors (Lipinski definition) is 5. The highest BCUT2D eigenvalue weighted by molar-refractivity contribution is 6.32. The molecule has 0 aliphatic heterocycles. The summed E-state index contributed by atoms with van der Waals surface area (Å²) in [6.45, 7) is 2.45. The first-order valence-electron chi connectivity index (χ1n) is 10.9. The van der Waals surface area contributed by atoms with Crippen LogP contribution >= 0.6 is 11.6 Å². The molecule has 4 rings (SSSR count). The first-order valence-corrected chi connectivity index (χ1v) is 11.3. The molecule has 38 heavy (non-hydrogen) atoms. The van der Waals surface area contributed by atoms with Crippen LogP contribution in [0.2, 0.25) is 5.02 Å². The molecule has 0 bridgehead atoms. The summed E-state index contributed by atoms with van der Waals surface area (Å²) in [4.78, 5) is 40.7. The maximum absolute atomic E-state index is 14.3. The number of hydrogen-bond donors (Lipinski definition) is 2. The minimum absolute atomic E-state index is 0.107. The highest BCUT2D eigenvalue weighted by Gasteiger charge is 2.41. The summed E-state index contributed by atoms with van der Waals surface area (Å²) in [6, 6.07) is 8.02. The first kappa shape index (κ1) is 26.7. The summed E-state index contributed by atoms with van der Waals surface area (Å²) in [6.07, 6.45) is -5.05. The number of amides is 2. The molecule has 0 spiro atoms. The lowest BCUT2D eigenvalue weighted by Gasteiger charge is -2.16. The fourth-order valence-corrected chi connectivity index (χ4v) is 4.36. The second kappa shape index (κ2) is 9.53. The van der Waals surface area contributed by atoms with E-state index in [1.807, 2.05) is 0 Å². The van der Waals surface area contributed by atoms with Gasteiger partial charge in [0.05, 0.1) is 22.6 Å². The number of benzene rings is 2. The number of aromatic nitrogens is 3. The van der Waals surface area contributed by atoms with Crippen LogP contribution in [0.3, 0.4) is 0 Å². The van der Waals surface area contributed by atoms with Crippen LogP contribution in [-0.2, 0) is 12.7 Å². The van der Waals surface area contributed by atoms with Gasteiger partial charge in [0, 0.05) is 33.8 Å². The van der Waals surface area contributed by atoms with E-state index in [1.54, 1.807) is 18.2 Å². The number of pyridine rings is 1. The number of primary amides is 2. The van der Waals surface area contributed by atoms with Gasteiger partial charge in [-0.2, -0.15) is 18.3 Å². The SMILES string of the molecule is CC(=O)c1cccc(Cn2nc(C(F)(F)F)c(-c3c(C(N)=O)nc4cc(F)c(Cl)cc4c3C(N)=O)c2C)c1. The van der Waals surface area contributed by atoms with Gasteiger partial charge in [-0.3, -0.25) is 19.1 Å². The van der Waals surface area contributed by atoms with E-state index in [0.717, 1.165) is 16.8 Å². The molecule has 0 saturated heterocycles. The Hall–Kier alpha value is -4.32. The van der Waals surface area contributed by atoms with Gasteiger partial charge in [0.1, 0.15) is 11.5 Å². The molecule has 2 amide bonds. The van der Waals surface area contributed by atoms with E-state index >= 15 is 0 Å². The number of carbonyl (C=O) groups is 3. The first-order chi connectivity index (χ1) is 17.7. The van der Waals surface area contributed by atoms with Gasteiger partial charge in [-0.15, -0.1) is 0 Å². The molecule has 0 saturated carbocycles. The predicted octanol–water partition coefficient (Wildman–Crippen LogP) is 4.67. The van der Waals surface area contributed by atoms with E-state index in [0.29, 0.717) is 11.1 Å². The minimum Gasteiger partial charge on any atom is -0.366 e. The Bertz CT molecular complexity index is 1660. The van der Waals surface area contributed by atoms with Crippen molar-refractivity contribution in [3.05, 3.63) is 81.0 Å². The number of fused-ring (bicyclic) bond motifs is 1. The molecule has 4 aromatic rings. The smallest absolute Gasteiger partial charge is 0.366 e. The van der Waals surface area contributed by atoms with Gasteiger partial charge in [0.25, 0.3) is 5.91 Å². The van der Waals surface area contributed by atoms with E-state index < -0.39 is 56.9 Å². The van der Waals surface area contributed by atoms with Crippen molar-refractivity contribution in [3.8, 4) is 11.1 Å². The molecule has 196 valence electrons. The molecule has 0 unspecified atom stereocenters. The van der Waals surface area contributed by atoms with Crippen LogP contribution in [0.4, 0.5) is 17.6 Å². The predicted molar refractivity (Wildman–Crippen MR) is 130 cm³/mol. The van der Waals surface area contributed by atoms with E-state index in [2.05, 4.69) is 10.1 Å². The molecule has 0 atom stereocenters. The molecule has 2 aromatic carbocycles. The van der Waals surface area contributed by atoms with Crippen LogP contribution in [0, 0.1) is 12.7 Å². The zero-order valence-corrected chi connectivity index (χ0v) is 20.5. The second-order valence-electron chi connectivity index (χ2n) is 8.44. The van der Waals surface area contributed by atoms with Crippen LogP contribution < -0.4 is 11.5 Å². The maximum Gasteiger partial charge on any atom is 0.435 e. The number of nitrogens with zero attached hydrogens (tertiary/aromatic N) is 3. The molecule has 2 heterocycles. The summed E-state index contributed by atoms with van der Waals surface area (Å²) >= 11 is 5.86. The average Bonchev–Trinajstić information content (AvgIpc) is 3.14. The second-order valence-corrected chi connectivity index (χ2v) is 8.85. The third kappa shape index (κ3) is 4.70. The molecule has 4 N–H and O–H groups in total. The zero-order chi connectivity index (χ0) is 28.1. The van der Waals surface area contributed by atoms with Gasteiger partial charge in [0.15, 0.2) is 11.5 Å². The lowest BCUT2D eigenvalue weighted by atomic mass is 9.92. The quantitative estimate of drug-likeness (QED) is 0.267. The number of Topliss-reactive ketones (excluding diaryl/α,β-unsaturated/α-hetero) is 1. The third-order valence-corrected chi connectivity index (χ3v) is 6.19. The van der Waals surface area contributed by atoms with Crippen LogP contribution in [-0.4, -0.2) is 32.4 Å². The molecular weight excluding hydrogens is 530 g/mol. The summed E-state index contributed by atoms with van der Waals surface area (Å²) in [5.41, 5.74) is 7.47. The van der Waals surface area contributed by atoms with Crippen LogP contribution in [0.15, 0.2) is 36.4 Å². The number of halogens is 5. The highest BCUT2D eigenvalue weighted by atomic mass is 35.5. The van der Waals surface area contributed by atoms with Crippen molar-refractivity contribution in [2.24, 2.45) is 11.5 Å². The van der Waals surface area contributed by atoms with E-state index in [9.17, 15) is 31.9 Å². The molecule has 0 fully saturated rings. The normalized spacial score (nSPS) is 11.7. The largest absolute Gasteiger partial charge is 0.435 e. The van der Waals surface area contributed by atoms with Crippen molar-refractivity contribution in [3.63, 3.8) is 0 Å². The molecule has 0 aliphatic rings. The third-order valence-electron chi connectivity index (χ3n) is 5.90. The Labute approximate surface area is 217 Å². The van der Waals surface area contributed by atoms with Crippen molar-refractivity contribution in [2.45, 2.75) is 26.6 Å². The molecule has 13 heteroatoms. The van der Waals surface area contributed by atoms with Gasteiger partial charge >= 0.3 is 6.18 Å². The molecule has 2 aromatic heterocycles. The fourth-order valence-electron chi connectivity index (χ4n) is 4.20. The zero-order valence-electron chi connectivity index (χ0n) is 19.8. The number of alkyl halides is 3. The number of ketones is 1. The van der Waals surface area contributed by atoms with Crippen molar-refractivity contribution in [1.82, 2.24) is 14.8 Å². The number of carbonyl (C=O) groups excluding carboxylic acids is 3.